The molecule has 0 bridgehead atoms. The minimum Gasteiger partial charge on any atom is -0.493 e. The van der Waals surface area contributed by atoms with Crippen molar-refractivity contribution in [3.63, 3.8) is 0 Å². The molecular weight excluding hydrogens is 640 g/mol. The molecule has 268 valence electrons. The van der Waals surface area contributed by atoms with Crippen molar-refractivity contribution < 1.29 is 29.0 Å². The minimum atomic E-state index is -1.76. The lowest BCUT2D eigenvalue weighted by Gasteiger charge is -2.44. The van der Waals surface area contributed by atoms with Crippen LogP contribution >= 0.6 is 0 Å². The molecule has 0 radical (unpaired) electrons. The van der Waals surface area contributed by atoms with Crippen LogP contribution in [0.2, 0.25) is 0 Å². The molecule has 8 nitrogen and oxygen atoms in total. The Bertz CT molecular complexity index is 1870. The third-order valence-corrected chi connectivity index (χ3v) is 9.93. The highest BCUT2D eigenvalue weighted by Crippen LogP contribution is 2.48. The predicted molar refractivity (Wildman–Crippen MR) is 201 cm³/mol. The first-order valence-electron chi connectivity index (χ1n) is 17.7. The first kappa shape index (κ1) is 37.3. The van der Waals surface area contributed by atoms with E-state index in [1.807, 2.05) is 68.4 Å². The lowest BCUT2D eigenvalue weighted by Crippen LogP contribution is -2.56. The molecule has 51 heavy (non-hydrogen) atoms. The molecule has 1 aliphatic rings. The van der Waals surface area contributed by atoms with E-state index in [9.17, 15) is 19.5 Å². The number of nitrogens with one attached hydrogen (secondary N) is 2. The van der Waals surface area contributed by atoms with Crippen LogP contribution in [0.15, 0.2) is 91.0 Å². The summed E-state index contributed by atoms with van der Waals surface area (Å²) in [5.41, 5.74) is 4.04. The van der Waals surface area contributed by atoms with E-state index < -0.39 is 41.0 Å². The maximum atomic E-state index is 14.4. The predicted octanol–water partition coefficient (Wildman–Crippen LogP) is 8.01. The Morgan fingerprint density at radius 3 is 1.94 bits per heavy atom. The first-order chi connectivity index (χ1) is 24.3. The lowest BCUT2D eigenvalue weighted by molar-refractivity contribution is -0.150. The third kappa shape index (κ3) is 8.34. The summed E-state index contributed by atoms with van der Waals surface area (Å²) in [5, 5.41) is 17.9. The van der Waals surface area contributed by atoms with Crippen LogP contribution in [0.4, 0.5) is 11.4 Å². The fourth-order valence-corrected chi connectivity index (χ4v) is 7.09. The molecule has 4 unspecified atom stereocenters. The van der Waals surface area contributed by atoms with Crippen LogP contribution in [0.3, 0.4) is 0 Å². The number of aryl methyl sites for hydroxylation is 2. The number of methoxy groups -OCH3 is 1. The zero-order chi connectivity index (χ0) is 36.9. The van der Waals surface area contributed by atoms with E-state index in [2.05, 4.69) is 43.5 Å². The molecule has 4 aromatic rings. The number of ketones is 1. The van der Waals surface area contributed by atoms with Gasteiger partial charge in [0, 0.05) is 23.7 Å². The standard InChI is InChI=1S/C43H50N2O6/c1-8-28-14-10-12-16-32(28)44-40(47)38-34(46)25-43(6,49)39(41(48)45-33-17-13-11-15-29(33)9-2)37(38)30-20-23-35(36(24-30)50-7)51-26-27-18-21-31(22-19-27)42(3,4)5/h10-24,37-39,49H,8-9,25-26H2,1-7H3,(H,44,47)(H,45,48). The van der Waals surface area contributed by atoms with Gasteiger partial charge in [0.25, 0.3) is 0 Å². The number of carbonyl (C=O) groups is 3. The highest BCUT2D eigenvalue weighted by atomic mass is 16.5. The number of hydrogen-bond donors (Lipinski definition) is 3. The molecule has 3 N–H and O–H groups in total. The van der Waals surface area contributed by atoms with E-state index in [0.717, 1.165) is 16.7 Å². The number of hydrogen-bond acceptors (Lipinski definition) is 6. The third-order valence-electron chi connectivity index (χ3n) is 9.93. The maximum Gasteiger partial charge on any atom is 0.235 e. The van der Waals surface area contributed by atoms with E-state index >= 15 is 0 Å². The average Bonchev–Trinajstić information content (AvgIpc) is 3.10. The second kappa shape index (κ2) is 15.5. The molecule has 0 spiro atoms. The monoisotopic (exact) mass is 690 g/mol. The second-order valence-electron chi connectivity index (χ2n) is 14.6. The van der Waals surface area contributed by atoms with Gasteiger partial charge in [-0.1, -0.05) is 101 Å². The quantitative estimate of drug-likeness (QED) is 0.137. The van der Waals surface area contributed by atoms with Gasteiger partial charge in [0.05, 0.1) is 18.6 Å². The van der Waals surface area contributed by atoms with Crippen molar-refractivity contribution in [1.29, 1.82) is 0 Å². The lowest BCUT2D eigenvalue weighted by atomic mass is 9.61. The smallest absolute Gasteiger partial charge is 0.235 e. The maximum absolute atomic E-state index is 14.4. The fourth-order valence-electron chi connectivity index (χ4n) is 7.09. The summed E-state index contributed by atoms with van der Waals surface area (Å²) < 4.78 is 12.0. The fraction of sp³-hybridized carbons (Fsp3) is 0.372. The Kier molecular flexibility index (Phi) is 11.4. The van der Waals surface area contributed by atoms with Gasteiger partial charge in [-0.15, -0.1) is 0 Å². The van der Waals surface area contributed by atoms with Crippen LogP contribution in [0.5, 0.6) is 11.5 Å². The summed E-state index contributed by atoms with van der Waals surface area (Å²) in [6.45, 7) is 12.3. The molecule has 4 aromatic carbocycles. The van der Waals surface area contributed by atoms with E-state index in [1.54, 1.807) is 24.3 Å². The van der Waals surface area contributed by atoms with Gasteiger partial charge < -0.3 is 25.2 Å². The molecule has 0 saturated heterocycles. The highest BCUT2D eigenvalue weighted by molar-refractivity contribution is 6.10. The van der Waals surface area contributed by atoms with Crippen molar-refractivity contribution >= 4 is 29.0 Å². The van der Waals surface area contributed by atoms with Gasteiger partial charge in [0.15, 0.2) is 11.5 Å². The molecule has 8 heteroatoms. The molecule has 4 atom stereocenters. The van der Waals surface area contributed by atoms with Crippen molar-refractivity contribution in [2.45, 2.75) is 84.3 Å². The Labute approximate surface area is 301 Å². The number of ether oxygens (including phenoxy) is 2. The number of anilines is 2. The van der Waals surface area contributed by atoms with Gasteiger partial charge in [-0.2, -0.15) is 0 Å². The molecule has 1 saturated carbocycles. The van der Waals surface area contributed by atoms with Crippen LogP contribution in [0.1, 0.15) is 81.7 Å². The van der Waals surface area contributed by atoms with Crippen molar-refractivity contribution in [2.24, 2.45) is 11.8 Å². The average molecular weight is 691 g/mol. The minimum absolute atomic E-state index is 0.0336. The number of Topliss-reactive ketones (excluding diaryl/α,β-unsaturated/α-hetero) is 1. The largest absolute Gasteiger partial charge is 0.493 e. The highest BCUT2D eigenvalue weighted by Gasteiger charge is 2.56. The van der Waals surface area contributed by atoms with Crippen LogP contribution in [0.25, 0.3) is 0 Å². The zero-order valence-electron chi connectivity index (χ0n) is 30.7. The van der Waals surface area contributed by atoms with Gasteiger partial charge in [-0.05, 0) is 77.3 Å². The number of rotatable bonds is 11. The van der Waals surface area contributed by atoms with Gasteiger partial charge in [-0.25, -0.2) is 0 Å². The van der Waals surface area contributed by atoms with Crippen molar-refractivity contribution in [3.8, 4) is 11.5 Å². The first-order valence-corrected chi connectivity index (χ1v) is 17.7. The Hall–Kier alpha value is -4.95. The normalized spacial score (nSPS) is 20.4. The Morgan fingerprint density at radius 2 is 1.39 bits per heavy atom. The molecule has 1 fully saturated rings. The summed E-state index contributed by atoms with van der Waals surface area (Å²) in [6.07, 6.45) is 0.992. The van der Waals surface area contributed by atoms with Crippen molar-refractivity contribution in [1.82, 2.24) is 0 Å². The number of carbonyl (C=O) groups excluding carboxylic acids is 3. The Balaban J connectivity index is 1.54. The summed E-state index contributed by atoms with van der Waals surface area (Å²) in [5.74, 6) is -4.10. The zero-order valence-corrected chi connectivity index (χ0v) is 30.7. The molecule has 5 rings (SSSR count). The van der Waals surface area contributed by atoms with Crippen LogP contribution in [-0.4, -0.2) is 35.4 Å². The summed E-state index contributed by atoms with van der Waals surface area (Å²) in [6, 6.07) is 28.4. The van der Waals surface area contributed by atoms with Gasteiger partial charge in [0.1, 0.15) is 18.3 Å². The van der Waals surface area contributed by atoms with Crippen LogP contribution in [0, 0.1) is 11.8 Å². The van der Waals surface area contributed by atoms with Gasteiger partial charge in [-0.3, -0.25) is 14.4 Å². The summed E-state index contributed by atoms with van der Waals surface area (Å²) in [7, 11) is 1.52. The molecule has 0 heterocycles. The van der Waals surface area contributed by atoms with Crippen molar-refractivity contribution in [3.05, 3.63) is 119 Å². The SMILES string of the molecule is CCc1ccccc1NC(=O)C1C(=O)CC(C)(O)C(C(=O)Nc2ccccc2CC)C1c1ccc(OCc2ccc(C(C)(C)C)cc2)c(OC)c1. The van der Waals surface area contributed by atoms with E-state index in [-0.39, 0.29) is 11.8 Å². The topological polar surface area (TPSA) is 114 Å². The molecule has 0 aromatic heterocycles. The van der Waals surface area contributed by atoms with Gasteiger partial charge >= 0.3 is 0 Å². The van der Waals surface area contributed by atoms with E-state index in [0.29, 0.717) is 47.9 Å². The molecule has 0 aliphatic heterocycles. The molecule has 2 amide bonds. The Morgan fingerprint density at radius 1 is 0.824 bits per heavy atom. The summed E-state index contributed by atoms with van der Waals surface area (Å²) in [4.78, 5) is 42.6. The van der Waals surface area contributed by atoms with E-state index in [4.69, 9.17) is 9.47 Å². The van der Waals surface area contributed by atoms with Gasteiger partial charge in [0.2, 0.25) is 11.8 Å². The van der Waals surface area contributed by atoms with Crippen LogP contribution in [-0.2, 0) is 39.2 Å². The number of aliphatic hydroxyl groups is 1. The summed E-state index contributed by atoms with van der Waals surface area (Å²) >= 11 is 0. The van der Waals surface area contributed by atoms with E-state index in [1.165, 1.54) is 19.6 Å². The second-order valence-corrected chi connectivity index (χ2v) is 14.6. The molecular formula is C43H50N2O6. The van der Waals surface area contributed by atoms with Crippen molar-refractivity contribution in [2.75, 3.05) is 17.7 Å². The number of amides is 2. The van der Waals surface area contributed by atoms with Crippen LogP contribution < -0.4 is 20.1 Å². The number of para-hydroxylation sites is 2. The number of benzene rings is 4. The molecule has 1 aliphatic carbocycles.